The third-order valence-corrected chi connectivity index (χ3v) is 5.80. The lowest BCUT2D eigenvalue weighted by Crippen LogP contribution is -2.36. The Labute approximate surface area is 174 Å². The average Bonchev–Trinajstić information content (AvgIpc) is 2.73. The molecule has 0 bridgehead atoms. The number of morpholine rings is 1. The van der Waals surface area contributed by atoms with Crippen molar-refractivity contribution < 1.29 is 22.8 Å². The van der Waals surface area contributed by atoms with E-state index in [4.69, 9.17) is 4.74 Å². The highest BCUT2D eigenvalue weighted by Crippen LogP contribution is 2.43. The predicted molar refractivity (Wildman–Crippen MR) is 114 cm³/mol. The Hall–Kier alpha value is -3.01. The van der Waals surface area contributed by atoms with Gasteiger partial charge in [-0.3, -0.25) is 4.55 Å². The molecule has 0 unspecified atom stereocenters. The Bertz CT molecular complexity index is 1220. The van der Waals surface area contributed by atoms with Gasteiger partial charge < -0.3 is 14.7 Å². The van der Waals surface area contributed by atoms with Gasteiger partial charge in [-0.1, -0.05) is 23.8 Å². The molecule has 2 N–H and O–H groups in total. The van der Waals surface area contributed by atoms with Gasteiger partial charge in [-0.15, -0.1) is 5.11 Å². The number of ether oxygens (including phenoxy) is 1. The summed E-state index contributed by atoms with van der Waals surface area (Å²) in [6, 6.07) is 13.4. The number of anilines is 1. The Balaban J connectivity index is 1.90. The van der Waals surface area contributed by atoms with Crippen molar-refractivity contribution >= 4 is 38.0 Å². The number of fused-ring (bicyclic) bond motifs is 1. The molecule has 156 valence electrons. The van der Waals surface area contributed by atoms with Crippen LogP contribution in [0.15, 0.2) is 63.7 Å². The minimum atomic E-state index is -4.46. The molecule has 0 atom stereocenters. The summed E-state index contributed by atoms with van der Waals surface area (Å²) in [5, 5.41) is 20.2. The molecular weight excluding hydrogens is 406 g/mol. The van der Waals surface area contributed by atoms with Crippen LogP contribution in [-0.2, 0) is 14.9 Å². The first kappa shape index (κ1) is 20.3. The number of hydrogen-bond acceptors (Lipinski definition) is 7. The molecule has 9 heteroatoms. The van der Waals surface area contributed by atoms with Crippen LogP contribution in [-0.4, -0.2) is 44.4 Å². The van der Waals surface area contributed by atoms with Gasteiger partial charge in [-0.2, -0.15) is 13.5 Å². The first-order valence-electron chi connectivity index (χ1n) is 9.41. The highest BCUT2D eigenvalue weighted by Gasteiger charge is 2.21. The van der Waals surface area contributed by atoms with Crippen molar-refractivity contribution in [3.63, 3.8) is 0 Å². The maximum atomic E-state index is 11.5. The summed E-state index contributed by atoms with van der Waals surface area (Å²) in [5.41, 5.74) is 2.94. The van der Waals surface area contributed by atoms with E-state index in [0.717, 1.165) is 17.3 Å². The number of aryl methyl sites for hydroxylation is 1. The average molecular weight is 427 g/mol. The van der Waals surface area contributed by atoms with E-state index in [1.54, 1.807) is 6.07 Å². The molecule has 0 spiro atoms. The number of phenolic OH excluding ortho intramolecular Hbond substituents is 1. The van der Waals surface area contributed by atoms with Gasteiger partial charge in [0.15, 0.2) is 0 Å². The third kappa shape index (κ3) is 4.13. The molecule has 1 heterocycles. The van der Waals surface area contributed by atoms with E-state index in [-0.39, 0.29) is 10.6 Å². The molecule has 0 radical (unpaired) electrons. The molecule has 1 fully saturated rings. The Morgan fingerprint density at radius 3 is 2.37 bits per heavy atom. The predicted octanol–water partition coefficient (Wildman–Crippen LogP) is 4.35. The minimum absolute atomic E-state index is 0.298. The number of phenols is 1. The summed E-state index contributed by atoms with van der Waals surface area (Å²) in [6.45, 7) is 4.43. The first-order chi connectivity index (χ1) is 14.3. The molecule has 4 rings (SSSR count). The fourth-order valence-corrected chi connectivity index (χ4v) is 3.95. The number of nitrogens with zero attached hydrogens (tertiary/aromatic N) is 3. The minimum Gasteiger partial charge on any atom is -0.507 e. The fraction of sp³-hybridized carbons (Fsp3) is 0.238. The summed E-state index contributed by atoms with van der Waals surface area (Å²) in [4.78, 5) is 1.70. The second-order valence-corrected chi connectivity index (χ2v) is 8.51. The Morgan fingerprint density at radius 2 is 1.70 bits per heavy atom. The molecule has 1 aliphatic rings. The van der Waals surface area contributed by atoms with Gasteiger partial charge in [-0.05, 0) is 36.6 Å². The van der Waals surface area contributed by atoms with Crippen LogP contribution in [0.1, 0.15) is 5.56 Å². The van der Waals surface area contributed by atoms with Crippen LogP contribution in [0.3, 0.4) is 0 Å². The Morgan fingerprint density at radius 1 is 1.00 bits per heavy atom. The smallest absolute Gasteiger partial charge is 0.294 e. The van der Waals surface area contributed by atoms with Gasteiger partial charge >= 0.3 is 0 Å². The number of hydrogen-bond donors (Lipinski definition) is 2. The third-order valence-electron chi connectivity index (χ3n) is 4.97. The molecule has 0 aromatic heterocycles. The van der Waals surface area contributed by atoms with Crippen molar-refractivity contribution in [3.8, 4) is 5.75 Å². The van der Waals surface area contributed by atoms with E-state index < -0.39 is 10.1 Å². The normalized spacial score (nSPS) is 15.2. The van der Waals surface area contributed by atoms with Gasteiger partial charge in [0.2, 0.25) is 0 Å². The lowest BCUT2D eigenvalue weighted by Gasteiger charge is -2.30. The van der Waals surface area contributed by atoms with Crippen molar-refractivity contribution in [2.45, 2.75) is 11.8 Å². The molecule has 1 saturated heterocycles. The van der Waals surface area contributed by atoms with Crippen LogP contribution in [0.5, 0.6) is 5.75 Å². The zero-order valence-electron chi connectivity index (χ0n) is 16.3. The van der Waals surface area contributed by atoms with Crippen LogP contribution in [0.2, 0.25) is 0 Å². The highest BCUT2D eigenvalue weighted by molar-refractivity contribution is 7.85. The standard InChI is InChI=1S/C21H21N3O5S/c1-14-2-5-16(6-3-14)22-23-21-18(24-8-10-29-11-9-24)7-4-15-12-17(30(26,27)28)13-19(25)20(15)21/h2-7,12-13,25H,8-11H2,1H3,(H,26,27,28). The molecule has 0 saturated carbocycles. The van der Waals surface area contributed by atoms with E-state index in [1.807, 2.05) is 37.3 Å². The van der Waals surface area contributed by atoms with Crippen LogP contribution >= 0.6 is 0 Å². The fourth-order valence-electron chi connectivity index (χ4n) is 3.42. The SMILES string of the molecule is Cc1ccc(N=Nc2c(N3CCOCC3)ccc3cc(S(=O)(=O)O)cc(O)c23)cc1. The zero-order chi connectivity index (χ0) is 21.3. The van der Waals surface area contributed by atoms with E-state index >= 15 is 0 Å². The summed E-state index contributed by atoms with van der Waals surface area (Å²) >= 11 is 0. The van der Waals surface area contributed by atoms with Crippen LogP contribution < -0.4 is 4.90 Å². The first-order valence-corrected chi connectivity index (χ1v) is 10.9. The highest BCUT2D eigenvalue weighted by atomic mass is 32.2. The summed E-state index contributed by atoms with van der Waals surface area (Å²) in [7, 11) is -4.46. The molecule has 1 aliphatic heterocycles. The maximum absolute atomic E-state index is 11.5. The van der Waals surface area contributed by atoms with Crippen LogP contribution in [0.4, 0.5) is 17.1 Å². The summed E-state index contributed by atoms with van der Waals surface area (Å²) in [5.74, 6) is -0.298. The van der Waals surface area contributed by atoms with E-state index in [9.17, 15) is 18.1 Å². The molecule has 0 aliphatic carbocycles. The van der Waals surface area contributed by atoms with Crippen LogP contribution in [0, 0.1) is 6.92 Å². The van der Waals surface area contributed by atoms with Gasteiger partial charge in [0, 0.05) is 19.2 Å². The number of azo groups is 1. The molecule has 3 aromatic carbocycles. The van der Waals surface area contributed by atoms with Crippen LogP contribution in [0.25, 0.3) is 10.8 Å². The Kier molecular flexibility index (Phi) is 5.42. The second kappa shape index (κ2) is 8.02. The van der Waals surface area contributed by atoms with E-state index in [0.29, 0.717) is 48.5 Å². The lowest BCUT2D eigenvalue weighted by atomic mass is 10.1. The van der Waals surface area contributed by atoms with Gasteiger partial charge in [0.1, 0.15) is 11.4 Å². The largest absolute Gasteiger partial charge is 0.507 e. The van der Waals surface area contributed by atoms with Crippen molar-refractivity contribution in [1.29, 1.82) is 0 Å². The molecule has 3 aromatic rings. The van der Waals surface area contributed by atoms with Crippen molar-refractivity contribution in [1.82, 2.24) is 0 Å². The molecule has 0 amide bonds. The number of aromatic hydroxyl groups is 1. The maximum Gasteiger partial charge on any atom is 0.294 e. The molecule has 8 nitrogen and oxygen atoms in total. The molecular formula is C21H21N3O5S. The lowest BCUT2D eigenvalue weighted by molar-refractivity contribution is 0.123. The van der Waals surface area contributed by atoms with Crippen molar-refractivity contribution in [2.75, 3.05) is 31.2 Å². The van der Waals surface area contributed by atoms with Gasteiger partial charge in [0.25, 0.3) is 10.1 Å². The van der Waals surface area contributed by atoms with Gasteiger partial charge in [-0.25, -0.2) is 0 Å². The zero-order valence-corrected chi connectivity index (χ0v) is 17.1. The quantitative estimate of drug-likeness (QED) is 0.473. The topological polar surface area (TPSA) is 112 Å². The summed E-state index contributed by atoms with van der Waals surface area (Å²) < 4.78 is 37.9. The van der Waals surface area contributed by atoms with E-state index in [2.05, 4.69) is 15.1 Å². The van der Waals surface area contributed by atoms with Crippen molar-refractivity contribution in [2.24, 2.45) is 10.2 Å². The number of benzene rings is 3. The monoisotopic (exact) mass is 427 g/mol. The van der Waals surface area contributed by atoms with Gasteiger partial charge in [0.05, 0.1) is 34.9 Å². The second-order valence-electron chi connectivity index (χ2n) is 7.08. The van der Waals surface area contributed by atoms with E-state index in [1.165, 1.54) is 6.07 Å². The molecule has 30 heavy (non-hydrogen) atoms. The summed E-state index contributed by atoms with van der Waals surface area (Å²) in [6.07, 6.45) is 0. The van der Waals surface area contributed by atoms with Crippen molar-refractivity contribution in [3.05, 3.63) is 54.1 Å². The number of rotatable bonds is 4.